The summed E-state index contributed by atoms with van der Waals surface area (Å²) in [6, 6.07) is 23.1. The zero-order chi connectivity index (χ0) is 33.9. The van der Waals surface area contributed by atoms with Gasteiger partial charge in [0.05, 0.1) is 26.7 Å². The summed E-state index contributed by atoms with van der Waals surface area (Å²) in [4.78, 5) is 5.74. The SMILES string of the molecule is COc1ccc(S(=O)(=O)c2ccc(C3CCN(C)C3)c(C)c2)cc1.Cc1cc(S(=O)(=O)c2ccc(O)cc2)ccc1C1CCN(C)C1.Cl. The summed E-state index contributed by atoms with van der Waals surface area (Å²) in [7, 11) is -1.26. The fourth-order valence-electron chi connectivity index (χ4n) is 6.58. The fraction of sp³-hybridized carbons (Fsp3) is 0.351. The Morgan fingerprint density at radius 1 is 0.625 bits per heavy atom. The van der Waals surface area contributed by atoms with Gasteiger partial charge in [-0.3, -0.25) is 0 Å². The Hall–Kier alpha value is -3.41. The summed E-state index contributed by atoms with van der Waals surface area (Å²) in [5.74, 6) is 1.67. The van der Waals surface area contributed by atoms with Crippen molar-refractivity contribution in [3.8, 4) is 11.5 Å². The third-order valence-corrected chi connectivity index (χ3v) is 12.8. The van der Waals surface area contributed by atoms with E-state index in [0.717, 1.165) is 50.1 Å². The second-order valence-corrected chi connectivity index (χ2v) is 16.6. The zero-order valence-corrected chi connectivity index (χ0v) is 30.5. The van der Waals surface area contributed by atoms with E-state index in [0.29, 0.717) is 27.4 Å². The molecule has 2 saturated heterocycles. The highest BCUT2D eigenvalue weighted by molar-refractivity contribution is 7.91. The summed E-state index contributed by atoms with van der Waals surface area (Å²) in [5, 5.41) is 9.32. The van der Waals surface area contributed by atoms with Crippen LogP contribution in [0.25, 0.3) is 0 Å². The Morgan fingerprint density at radius 3 is 1.33 bits per heavy atom. The van der Waals surface area contributed by atoms with E-state index in [4.69, 9.17) is 4.74 Å². The van der Waals surface area contributed by atoms with Gasteiger partial charge in [-0.1, -0.05) is 12.1 Å². The maximum absolute atomic E-state index is 12.8. The van der Waals surface area contributed by atoms with Crippen LogP contribution in [0.2, 0.25) is 0 Å². The predicted octanol–water partition coefficient (Wildman–Crippen LogP) is 6.63. The number of benzene rings is 4. The van der Waals surface area contributed by atoms with E-state index in [1.807, 2.05) is 26.0 Å². The summed E-state index contributed by atoms with van der Waals surface area (Å²) < 4.78 is 56.1. The number of halogens is 1. The van der Waals surface area contributed by atoms with Gasteiger partial charge in [0.1, 0.15) is 11.5 Å². The zero-order valence-electron chi connectivity index (χ0n) is 28.1. The van der Waals surface area contributed by atoms with Gasteiger partial charge in [-0.25, -0.2) is 16.8 Å². The van der Waals surface area contributed by atoms with Crippen LogP contribution in [0.1, 0.15) is 46.9 Å². The molecule has 11 heteroatoms. The predicted molar refractivity (Wildman–Crippen MR) is 191 cm³/mol. The number of methoxy groups -OCH3 is 1. The van der Waals surface area contributed by atoms with Crippen molar-refractivity contribution < 1.29 is 26.7 Å². The number of ether oxygens (including phenoxy) is 1. The second kappa shape index (κ2) is 15.4. The van der Waals surface area contributed by atoms with Crippen LogP contribution in [-0.4, -0.2) is 79.1 Å². The lowest BCUT2D eigenvalue weighted by Gasteiger charge is -2.15. The third kappa shape index (κ3) is 8.23. The molecule has 2 heterocycles. The molecule has 258 valence electrons. The first-order valence-electron chi connectivity index (χ1n) is 15.8. The van der Waals surface area contributed by atoms with E-state index in [-0.39, 0.29) is 27.9 Å². The Balaban J connectivity index is 0.000000212. The number of aromatic hydroxyl groups is 1. The lowest BCUT2D eigenvalue weighted by Crippen LogP contribution is -2.13. The van der Waals surface area contributed by atoms with E-state index in [1.54, 1.807) is 55.6 Å². The Kier molecular flexibility index (Phi) is 12.0. The third-order valence-electron chi connectivity index (χ3n) is 9.28. The van der Waals surface area contributed by atoms with Gasteiger partial charge in [-0.15, -0.1) is 12.4 Å². The van der Waals surface area contributed by atoms with Crippen LogP contribution in [-0.2, 0) is 19.7 Å². The van der Waals surface area contributed by atoms with E-state index in [2.05, 4.69) is 23.9 Å². The first kappa shape index (κ1) is 37.4. The molecule has 4 aromatic carbocycles. The van der Waals surface area contributed by atoms with E-state index < -0.39 is 19.7 Å². The minimum Gasteiger partial charge on any atom is -0.508 e. The molecule has 6 rings (SSSR count). The van der Waals surface area contributed by atoms with Crippen LogP contribution in [0.5, 0.6) is 11.5 Å². The number of likely N-dealkylation sites (tertiary alicyclic amines) is 2. The first-order valence-corrected chi connectivity index (χ1v) is 18.8. The molecule has 0 aromatic heterocycles. The molecule has 1 N–H and O–H groups in total. The normalized spacial score (nSPS) is 18.5. The average molecular weight is 713 g/mol. The van der Waals surface area contributed by atoms with Gasteiger partial charge >= 0.3 is 0 Å². The maximum atomic E-state index is 12.8. The number of phenolic OH excluding ortho intramolecular Hbond substituents is 1. The summed E-state index contributed by atoms with van der Waals surface area (Å²) in [5.41, 5.74) is 4.56. The monoisotopic (exact) mass is 712 g/mol. The molecule has 2 aliphatic rings. The molecule has 0 spiro atoms. The molecule has 2 unspecified atom stereocenters. The average Bonchev–Trinajstić information content (AvgIpc) is 3.69. The molecule has 0 radical (unpaired) electrons. The van der Waals surface area contributed by atoms with Gasteiger partial charge in [-0.05, 0) is 161 Å². The topological polar surface area (TPSA) is 104 Å². The number of likely N-dealkylation sites (N-methyl/N-ethyl adjacent to an activating group) is 2. The highest BCUT2D eigenvalue weighted by Gasteiger charge is 2.26. The molecular weight excluding hydrogens is 668 g/mol. The maximum Gasteiger partial charge on any atom is 0.206 e. The summed E-state index contributed by atoms with van der Waals surface area (Å²) >= 11 is 0. The van der Waals surface area contributed by atoms with Crippen LogP contribution in [0.3, 0.4) is 0 Å². The highest BCUT2D eigenvalue weighted by atomic mass is 35.5. The standard InChI is InChI=1S/C19H23NO3S.C18H21NO3S.ClH/c1-14-12-18(8-9-19(14)15-10-11-20(2)13-15)24(21,22)17-6-4-16(23-3)5-7-17;1-13-11-17(7-8-18(13)14-9-10-19(2)12-14)23(21,22)16-5-3-15(20)4-6-16;/h4-9,12,15H,10-11,13H2,1-3H3;3-8,11,14,20H,9-10,12H2,1-2H3;1H. The Labute approximate surface area is 291 Å². The minimum absolute atomic E-state index is 0. The van der Waals surface area contributed by atoms with Crippen LogP contribution >= 0.6 is 12.4 Å². The molecule has 0 bridgehead atoms. The van der Waals surface area contributed by atoms with Gasteiger partial charge < -0.3 is 19.6 Å². The van der Waals surface area contributed by atoms with Crippen molar-refractivity contribution in [2.45, 2.75) is 58.1 Å². The quantitative estimate of drug-likeness (QED) is 0.228. The lowest BCUT2D eigenvalue weighted by molar-refractivity contribution is 0.411. The molecule has 48 heavy (non-hydrogen) atoms. The van der Waals surface area contributed by atoms with E-state index >= 15 is 0 Å². The smallest absolute Gasteiger partial charge is 0.206 e. The summed E-state index contributed by atoms with van der Waals surface area (Å²) in [6.45, 7) is 8.20. The van der Waals surface area contributed by atoms with Crippen molar-refractivity contribution in [3.05, 3.63) is 107 Å². The number of hydrogen-bond acceptors (Lipinski definition) is 8. The summed E-state index contributed by atoms with van der Waals surface area (Å²) in [6.07, 6.45) is 2.24. The fourth-order valence-corrected chi connectivity index (χ4v) is 9.27. The molecule has 0 saturated carbocycles. The molecule has 2 atom stereocenters. The van der Waals surface area contributed by atoms with Crippen molar-refractivity contribution in [3.63, 3.8) is 0 Å². The van der Waals surface area contributed by atoms with E-state index in [9.17, 15) is 21.9 Å². The van der Waals surface area contributed by atoms with Gasteiger partial charge in [0.2, 0.25) is 19.7 Å². The molecule has 2 fully saturated rings. The molecule has 0 aliphatic carbocycles. The van der Waals surface area contributed by atoms with Crippen molar-refractivity contribution in [1.82, 2.24) is 9.80 Å². The van der Waals surface area contributed by atoms with Gasteiger partial charge in [0.25, 0.3) is 0 Å². The highest BCUT2D eigenvalue weighted by Crippen LogP contribution is 2.33. The van der Waals surface area contributed by atoms with Crippen LogP contribution in [0.15, 0.2) is 105 Å². The van der Waals surface area contributed by atoms with Crippen molar-refractivity contribution >= 4 is 32.1 Å². The van der Waals surface area contributed by atoms with Gasteiger partial charge in [-0.2, -0.15) is 0 Å². The van der Waals surface area contributed by atoms with Crippen LogP contribution < -0.4 is 4.74 Å². The van der Waals surface area contributed by atoms with Crippen molar-refractivity contribution in [2.24, 2.45) is 0 Å². The Morgan fingerprint density at radius 2 is 1.00 bits per heavy atom. The van der Waals surface area contributed by atoms with Crippen LogP contribution in [0.4, 0.5) is 0 Å². The van der Waals surface area contributed by atoms with Crippen molar-refractivity contribution in [1.29, 1.82) is 0 Å². The largest absolute Gasteiger partial charge is 0.508 e. The van der Waals surface area contributed by atoms with Gasteiger partial charge in [0.15, 0.2) is 0 Å². The molecular formula is C37H45ClN2O6S2. The number of phenols is 1. The van der Waals surface area contributed by atoms with Crippen molar-refractivity contribution in [2.75, 3.05) is 47.4 Å². The number of nitrogens with zero attached hydrogens (tertiary/aromatic N) is 2. The Bertz CT molecular complexity index is 1930. The minimum atomic E-state index is -3.55. The van der Waals surface area contributed by atoms with E-state index in [1.165, 1.54) is 35.4 Å². The number of hydrogen-bond donors (Lipinski definition) is 1. The molecule has 4 aromatic rings. The second-order valence-electron chi connectivity index (χ2n) is 12.7. The first-order chi connectivity index (χ1) is 22.3. The van der Waals surface area contributed by atoms with Gasteiger partial charge in [0, 0.05) is 13.1 Å². The molecule has 8 nitrogen and oxygen atoms in total. The molecule has 2 aliphatic heterocycles. The molecule has 0 amide bonds. The van der Waals surface area contributed by atoms with Crippen LogP contribution in [0, 0.1) is 13.8 Å². The lowest BCUT2D eigenvalue weighted by atomic mass is 9.94. The number of sulfone groups is 2. The number of rotatable bonds is 7. The number of aryl methyl sites for hydroxylation is 2.